The van der Waals surface area contributed by atoms with Crippen LogP contribution in [-0.2, 0) is 4.79 Å². The molecule has 5 nitrogen and oxygen atoms in total. The van der Waals surface area contributed by atoms with Crippen LogP contribution >= 0.6 is 11.3 Å². The Kier molecular flexibility index (Phi) is 4.48. The van der Waals surface area contributed by atoms with Crippen LogP contribution in [0.2, 0.25) is 0 Å². The van der Waals surface area contributed by atoms with Gasteiger partial charge in [0.1, 0.15) is 5.75 Å². The van der Waals surface area contributed by atoms with Gasteiger partial charge in [0.15, 0.2) is 5.13 Å². The van der Waals surface area contributed by atoms with Crippen LogP contribution in [0.1, 0.15) is 6.42 Å². The number of hydrogen-bond donors (Lipinski definition) is 2. The molecular weight excluding hydrogens is 262 g/mol. The average molecular weight is 277 g/mol. The number of carbonyl (C=O) groups is 1. The number of thiazole rings is 1. The molecule has 1 heterocycles. The Balaban J connectivity index is 2.09. The number of nitrogens with zero attached hydrogens (tertiary/aromatic N) is 1. The smallest absolute Gasteiger partial charge is 0.227 e. The molecule has 0 aliphatic carbocycles. The molecule has 0 radical (unpaired) electrons. The van der Waals surface area contributed by atoms with Gasteiger partial charge < -0.3 is 15.8 Å². The van der Waals surface area contributed by atoms with Crippen molar-refractivity contribution in [1.82, 2.24) is 4.98 Å². The van der Waals surface area contributed by atoms with Crippen molar-refractivity contribution in [3.05, 3.63) is 29.6 Å². The topological polar surface area (TPSA) is 77.2 Å². The predicted octanol–water partition coefficient (Wildman–Crippen LogP) is 2.11. The summed E-state index contributed by atoms with van der Waals surface area (Å²) in [5, 5.41) is 5.21. The van der Waals surface area contributed by atoms with Crippen LogP contribution in [0.3, 0.4) is 0 Å². The number of anilines is 1. The summed E-state index contributed by atoms with van der Waals surface area (Å²) in [5.41, 5.74) is 7.13. The summed E-state index contributed by atoms with van der Waals surface area (Å²) in [7, 11) is 1.63. The summed E-state index contributed by atoms with van der Waals surface area (Å²) in [4.78, 5) is 15.8. The van der Waals surface area contributed by atoms with Gasteiger partial charge in [-0.3, -0.25) is 4.79 Å². The summed E-state index contributed by atoms with van der Waals surface area (Å²) < 4.78 is 5.10. The molecule has 0 fully saturated rings. The van der Waals surface area contributed by atoms with Crippen LogP contribution in [-0.4, -0.2) is 24.5 Å². The van der Waals surface area contributed by atoms with E-state index in [1.165, 1.54) is 11.3 Å². The lowest BCUT2D eigenvalue weighted by Gasteiger charge is -2.01. The Morgan fingerprint density at radius 3 is 2.79 bits per heavy atom. The van der Waals surface area contributed by atoms with Crippen LogP contribution in [0, 0.1) is 0 Å². The maximum absolute atomic E-state index is 11.4. The van der Waals surface area contributed by atoms with E-state index in [0.717, 1.165) is 17.0 Å². The molecule has 0 aliphatic rings. The molecule has 6 heteroatoms. The van der Waals surface area contributed by atoms with Gasteiger partial charge in [0.25, 0.3) is 0 Å². The Labute approximate surface area is 115 Å². The SMILES string of the molecule is COc1ccc(-c2csc(NC(=O)CCN)n2)cc1. The van der Waals surface area contributed by atoms with E-state index in [-0.39, 0.29) is 5.91 Å². The molecule has 0 spiro atoms. The number of aromatic nitrogens is 1. The minimum absolute atomic E-state index is 0.113. The second-order valence-corrected chi connectivity index (χ2v) is 4.71. The van der Waals surface area contributed by atoms with Crippen molar-refractivity contribution in [3.8, 4) is 17.0 Å². The molecule has 1 aromatic heterocycles. The van der Waals surface area contributed by atoms with E-state index < -0.39 is 0 Å². The molecule has 0 saturated carbocycles. The van der Waals surface area contributed by atoms with E-state index in [0.29, 0.717) is 18.1 Å². The van der Waals surface area contributed by atoms with Crippen molar-refractivity contribution in [1.29, 1.82) is 0 Å². The first-order valence-corrected chi connectivity index (χ1v) is 6.71. The molecule has 0 saturated heterocycles. The van der Waals surface area contributed by atoms with Gasteiger partial charge in [-0.1, -0.05) is 0 Å². The Hall–Kier alpha value is -1.92. The van der Waals surface area contributed by atoms with Crippen molar-refractivity contribution >= 4 is 22.4 Å². The molecule has 100 valence electrons. The van der Waals surface area contributed by atoms with E-state index in [1.54, 1.807) is 7.11 Å². The van der Waals surface area contributed by atoms with Crippen LogP contribution in [0.5, 0.6) is 5.75 Å². The number of methoxy groups -OCH3 is 1. The fraction of sp³-hybridized carbons (Fsp3) is 0.231. The zero-order valence-electron chi connectivity index (χ0n) is 10.6. The number of hydrogen-bond acceptors (Lipinski definition) is 5. The quantitative estimate of drug-likeness (QED) is 0.877. The average Bonchev–Trinajstić information content (AvgIpc) is 2.87. The molecule has 1 aromatic carbocycles. The maximum Gasteiger partial charge on any atom is 0.227 e. The van der Waals surface area contributed by atoms with Crippen molar-refractivity contribution in [2.75, 3.05) is 19.0 Å². The van der Waals surface area contributed by atoms with Gasteiger partial charge in [-0.2, -0.15) is 0 Å². The van der Waals surface area contributed by atoms with Gasteiger partial charge in [0, 0.05) is 23.9 Å². The van der Waals surface area contributed by atoms with Gasteiger partial charge in [-0.25, -0.2) is 4.98 Å². The Morgan fingerprint density at radius 1 is 1.42 bits per heavy atom. The van der Waals surface area contributed by atoms with Crippen LogP contribution in [0.4, 0.5) is 5.13 Å². The molecule has 0 atom stereocenters. The number of rotatable bonds is 5. The molecule has 0 bridgehead atoms. The molecule has 0 aliphatic heterocycles. The summed E-state index contributed by atoms with van der Waals surface area (Å²) >= 11 is 1.39. The molecule has 2 rings (SSSR count). The summed E-state index contributed by atoms with van der Waals surface area (Å²) in [6.07, 6.45) is 0.303. The Bertz CT molecular complexity index is 551. The minimum atomic E-state index is -0.113. The number of amides is 1. The first-order chi connectivity index (χ1) is 9.22. The van der Waals surface area contributed by atoms with E-state index in [4.69, 9.17) is 10.5 Å². The van der Waals surface area contributed by atoms with Gasteiger partial charge in [0.05, 0.1) is 12.8 Å². The van der Waals surface area contributed by atoms with Gasteiger partial charge in [-0.05, 0) is 24.3 Å². The fourth-order valence-corrected chi connectivity index (χ4v) is 2.27. The predicted molar refractivity (Wildman–Crippen MR) is 76.4 cm³/mol. The lowest BCUT2D eigenvalue weighted by Crippen LogP contribution is -2.15. The summed E-state index contributed by atoms with van der Waals surface area (Å²) in [6.45, 7) is 0.336. The molecule has 3 N–H and O–H groups in total. The molecule has 19 heavy (non-hydrogen) atoms. The third-order valence-corrected chi connectivity index (χ3v) is 3.27. The zero-order chi connectivity index (χ0) is 13.7. The minimum Gasteiger partial charge on any atom is -0.497 e. The van der Waals surface area contributed by atoms with Crippen molar-refractivity contribution in [3.63, 3.8) is 0 Å². The number of carbonyl (C=O) groups excluding carboxylic acids is 1. The molecule has 2 aromatic rings. The highest BCUT2D eigenvalue weighted by atomic mass is 32.1. The summed E-state index contributed by atoms with van der Waals surface area (Å²) in [6, 6.07) is 7.61. The maximum atomic E-state index is 11.4. The van der Waals surface area contributed by atoms with Crippen LogP contribution in [0.25, 0.3) is 11.3 Å². The number of nitrogens with one attached hydrogen (secondary N) is 1. The normalized spacial score (nSPS) is 10.2. The highest BCUT2D eigenvalue weighted by molar-refractivity contribution is 7.14. The molecule has 0 unspecified atom stereocenters. The van der Waals surface area contributed by atoms with Gasteiger partial charge >= 0.3 is 0 Å². The highest BCUT2D eigenvalue weighted by Gasteiger charge is 2.07. The summed E-state index contributed by atoms with van der Waals surface area (Å²) in [5.74, 6) is 0.689. The highest BCUT2D eigenvalue weighted by Crippen LogP contribution is 2.26. The van der Waals surface area contributed by atoms with Gasteiger partial charge in [0.2, 0.25) is 5.91 Å². The third kappa shape index (κ3) is 3.52. The van der Waals surface area contributed by atoms with Crippen LogP contribution in [0.15, 0.2) is 29.6 Å². The fourth-order valence-electron chi connectivity index (χ4n) is 1.54. The Morgan fingerprint density at radius 2 is 2.16 bits per heavy atom. The second-order valence-electron chi connectivity index (χ2n) is 3.85. The molecular formula is C13H15N3O2S. The standard InChI is InChI=1S/C13H15N3O2S/c1-18-10-4-2-9(3-5-10)11-8-19-13(15-11)16-12(17)6-7-14/h2-5,8H,6-7,14H2,1H3,(H,15,16,17). The monoisotopic (exact) mass is 277 g/mol. The van der Waals surface area contributed by atoms with Crippen molar-refractivity contribution in [2.24, 2.45) is 5.73 Å². The van der Waals surface area contributed by atoms with E-state index in [1.807, 2.05) is 29.6 Å². The zero-order valence-corrected chi connectivity index (χ0v) is 11.4. The number of ether oxygens (including phenoxy) is 1. The first-order valence-electron chi connectivity index (χ1n) is 5.83. The van der Waals surface area contributed by atoms with Gasteiger partial charge in [-0.15, -0.1) is 11.3 Å². The van der Waals surface area contributed by atoms with E-state index in [9.17, 15) is 4.79 Å². The lowest BCUT2D eigenvalue weighted by atomic mass is 10.2. The van der Waals surface area contributed by atoms with Crippen molar-refractivity contribution < 1.29 is 9.53 Å². The van der Waals surface area contributed by atoms with E-state index >= 15 is 0 Å². The van der Waals surface area contributed by atoms with E-state index in [2.05, 4.69) is 10.3 Å². The van der Waals surface area contributed by atoms with Crippen LogP contribution < -0.4 is 15.8 Å². The second kappa shape index (κ2) is 6.31. The van der Waals surface area contributed by atoms with Crippen molar-refractivity contribution in [2.45, 2.75) is 6.42 Å². The lowest BCUT2D eigenvalue weighted by molar-refractivity contribution is -0.116. The number of nitrogens with two attached hydrogens (primary N) is 1. The molecule has 1 amide bonds. The largest absolute Gasteiger partial charge is 0.497 e. The first kappa shape index (κ1) is 13.5. The number of benzene rings is 1. The third-order valence-electron chi connectivity index (χ3n) is 2.51.